The van der Waals surface area contributed by atoms with Crippen molar-refractivity contribution in [1.82, 2.24) is 4.90 Å². The molecule has 0 aliphatic rings. The Hall–Kier alpha value is -1.75. The molecule has 0 aliphatic heterocycles. The molecule has 0 fully saturated rings. The minimum absolute atomic E-state index is 0.0796. The van der Waals surface area contributed by atoms with E-state index >= 15 is 0 Å². The van der Waals surface area contributed by atoms with Gasteiger partial charge < -0.3 is 15.1 Å². The lowest BCUT2D eigenvalue weighted by atomic mass is 10.1. The van der Waals surface area contributed by atoms with E-state index in [0.29, 0.717) is 5.02 Å². The summed E-state index contributed by atoms with van der Waals surface area (Å²) < 4.78 is 0. The molecule has 0 saturated heterocycles. The average Bonchev–Trinajstić information content (AvgIpc) is 2.25. The first-order chi connectivity index (χ1) is 7.91. The molecule has 1 aromatic rings. The van der Waals surface area contributed by atoms with Crippen molar-refractivity contribution in [2.24, 2.45) is 0 Å². The number of hydrogen-bond donors (Lipinski definition) is 2. The third-order valence-corrected chi connectivity index (χ3v) is 2.43. The zero-order chi connectivity index (χ0) is 13.0. The molecule has 0 unspecified atom stereocenters. The standard InChI is InChI=1S/C11H12ClNO4/c1-13(5-4-10(15)16)11(17)8-3-2-7(12)6-9(8)14/h2-3,6,14H,4-5H2,1H3,(H,15,16). The second-order valence-corrected chi connectivity index (χ2v) is 3.97. The van der Waals surface area contributed by atoms with Crippen LogP contribution in [-0.2, 0) is 4.79 Å². The van der Waals surface area contributed by atoms with Gasteiger partial charge in [-0.15, -0.1) is 0 Å². The van der Waals surface area contributed by atoms with Crippen molar-refractivity contribution in [2.75, 3.05) is 13.6 Å². The number of aromatic hydroxyl groups is 1. The van der Waals surface area contributed by atoms with Crippen LogP contribution in [0.3, 0.4) is 0 Å². The fraction of sp³-hybridized carbons (Fsp3) is 0.273. The summed E-state index contributed by atoms with van der Waals surface area (Å²) in [5.41, 5.74) is 0.0993. The second-order valence-electron chi connectivity index (χ2n) is 3.53. The molecule has 1 aromatic carbocycles. The van der Waals surface area contributed by atoms with Gasteiger partial charge in [0.25, 0.3) is 5.91 Å². The van der Waals surface area contributed by atoms with Crippen LogP contribution >= 0.6 is 11.6 Å². The molecule has 5 nitrogen and oxygen atoms in total. The number of carboxylic acid groups (broad SMARTS) is 1. The summed E-state index contributed by atoms with van der Waals surface area (Å²) in [5, 5.41) is 18.4. The number of phenols is 1. The van der Waals surface area contributed by atoms with E-state index in [1.807, 2.05) is 0 Å². The molecule has 1 rings (SSSR count). The maximum atomic E-state index is 11.8. The molecule has 17 heavy (non-hydrogen) atoms. The van der Waals surface area contributed by atoms with Gasteiger partial charge in [-0.05, 0) is 18.2 Å². The minimum atomic E-state index is -0.982. The van der Waals surface area contributed by atoms with E-state index in [-0.39, 0.29) is 24.3 Å². The molecule has 0 atom stereocenters. The highest BCUT2D eigenvalue weighted by molar-refractivity contribution is 6.30. The topological polar surface area (TPSA) is 77.8 Å². The predicted molar refractivity (Wildman–Crippen MR) is 62.3 cm³/mol. The number of carbonyl (C=O) groups excluding carboxylic acids is 1. The largest absolute Gasteiger partial charge is 0.507 e. The normalized spacial score (nSPS) is 10.0. The van der Waals surface area contributed by atoms with Crippen LogP contribution in [0.5, 0.6) is 5.75 Å². The molecule has 2 N–H and O–H groups in total. The number of halogens is 1. The van der Waals surface area contributed by atoms with Crippen molar-refractivity contribution < 1.29 is 19.8 Å². The molecule has 0 bridgehead atoms. The van der Waals surface area contributed by atoms with E-state index in [1.165, 1.54) is 30.1 Å². The van der Waals surface area contributed by atoms with E-state index in [4.69, 9.17) is 16.7 Å². The van der Waals surface area contributed by atoms with Crippen LogP contribution in [0.2, 0.25) is 5.02 Å². The molecule has 6 heteroatoms. The van der Waals surface area contributed by atoms with Crippen LogP contribution in [-0.4, -0.2) is 40.6 Å². The van der Waals surface area contributed by atoms with Crippen molar-refractivity contribution in [3.63, 3.8) is 0 Å². The van der Waals surface area contributed by atoms with Crippen molar-refractivity contribution in [3.05, 3.63) is 28.8 Å². The number of benzene rings is 1. The Labute approximate surface area is 103 Å². The van der Waals surface area contributed by atoms with Gasteiger partial charge in [0.2, 0.25) is 0 Å². The van der Waals surface area contributed by atoms with Crippen LogP contribution in [0, 0.1) is 0 Å². The minimum Gasteiger partial charge on any atom is -0.507 e. The molecule has 0 spiro atoms. The van der Waals surface area contributed by atoms with E-state index in [9.17, 15) is 14.7 Å². The zero-order valence-corrected chi connectivity index (χ0v) is 9.94. The van der Waals surface area contributed by atoms with Gasteiger partial charge in [-0.2, -0.15) is 0 Å². The molecule has 0 saturated carbocycles. The monoisotopic (exact) mass is 257 g/mol. The van der Waals surface area contributed by atoms with Crippen LogP contribution in [0.4, 0.5) is 0 Å². The molecule has 1 amide bonds. The van der Waals surface area contributed by atoms with Crippen LogP contribution in [0.25, 0.3) is 0 Å². The van der Waals surface area contributed by atoms with Gasteiger partial charge in [-0.3, -0.25) is 9.59 Å². The number of carbonyl (C=O) groups is 2. The fourth-order valence-corrected chi connectivity index (χ4v) is 1.42. The lowest BCUT2D eigenvalue weighted by molar-refractivity contribution is -0.137. The first kappa shape index (κ1) is 13.3. The number of aliphatic carboxylic acids is 1. The lowest BCUT2D eigenvalue weighted by Gasteiger charge is -2.16. The van der Waals surface area contributed by atoms with Crippen LogP contribution < -0.4 is 0 Å². The first-order valence-corrected chi connectivity index (χ1v) is 5.25. The highest BCUT2D eigenvalue weighted by Gasteiger charge is 2.16. The summed E-state index contributed by atoms with van der Waals surface area (Å²) in [6, 6.07) is 4.15. The van der Waals surface area contributed by atoms with Gasteiger partial charge in [-0.1, -0.05) is 11.6 Å². The number of carboxylic acids is 1. The summed E-state index contributed by atoms with van der Waals surface area (Å²) in [4.78, 5) is 23.4. The second kappa shape index (κ2) is 5.54. The van der Waals surface area contributed by atoms with Crippen molar-refractivity contribution in [1.29, 1.82) is 0 Å². The molecule has 0 heterocycles. The molecule has 92 valence electrons. The third-order valence-electron chi connectivity index (χ3n) is 2.20. The molecular weight excluding hydrogens is 246 g/mol. The Morgan fingerprint density at radius 1 is 1.41 bits per heavy atom. The molecule has 0 aliphatic carbocycles. The van der Waals surface area contributed by atoms with E-state index in [1.54, 1.807) is 0 Å². The van der Waals surface area contributed by atoms with Crippen molar-refractivity contribution in [3.8, 4) is 5.75 Å². The van der Waals surface area contributed by atoms with Gasteiger partial charge in [0.05, 0.1) is 12.0 Å². The number of amides is 1. The Morgan fingerprint density at radius 3 is 2.59 bits per heavy atom. The van der Waals surface area contributed by atoms with Crippen molar-refractivity contribution in [2.45, 2.75) is 6.42 Å². The molecule has 0 radical (unpaired) electrons. The number of nitrogens with zero attached hydrogens (tertiary/aromatic N) is 1. The van der Waals surface area contributed by atoms with E-state index in [2.05, 4.69) is 0 Å². The summed E-state index contributed by atoms with van der Waals surface area (Å²) in [5.74, 6) is -1.64. The van der Waals surface area contributed by atoms with E-state index < -0.39 is 11.9 Å². The fourth-order valence-electron chi connectivity index (χ4n) is 1.26. The first-order valence-electron chi connectivity index (χ1n) is 4.87. The smallest absolute Gasteiger partial charge is 0.305 e. The van der Waals surface area contributed by atoms with Crippen LogP contribution in [0.1, 0.15) is 16.8 Å². The predicted octanol–water partition coefficient (Wildman–Crippen LogP) is 1.59. The number of rotatable bonds is 4. The maximum absolute atomic E-state index is 11.8. The quantitative estimate of drug-likeness (QED) is 0.859. The maximum Gasteiger partial charge on any atom is 0.305 e. The molecular formula is C11H12ClNO4. The Bertz CT molecular complexity index is 447. The highest BCUT2D eigenvalue weighted by Crippen LogP contribution is 2.22. The Kier molecular flexibility index (Phi) is 4.34. The summed E-state index contributed by atoms with van der Waals surface area (Å²) in [6.07, 6.45) is -0.142. The van der Waals surface area contributed by atoms with Gasteiger partial charge >= 0.3 is 5.97 Å². The summed E-state index contributed by atoms with van der Waals surface area (Å²) in [6.45, 7) is 0.0796. The van der Waals surface area contributed by atoms with Crippen molar-refractivity contribution >= 4 is 23.5 Å². The zero-order valence-electron chi connectivity index (χ0n) is 9.18. The average molecular weight is 258 g/mol. The van der Waals surface area contributed by atoms with Crippen LogP contribution in [0.15, 0.2) is 18.2 Å². The van der Waals surface area contributed by atoms with Gasteiger partial charge in [-0.25, -0.2) is 0 Å². The number of hydrogen-bond acceptors (Lipinski definition) is 3. The Balaban J connectivity index is 2.78. The van der Waals surface area contributed by atoms with Gasteiger partial charge in [0.15, 0.2) is 0 Å². The summed E-state index contributed by atoms with van der Waals surface area (Å²) >= 11 is 5.64. The highest BCUT2D eigenvalue weighted by atomic mass is 35.5. The lowest BCUT2D eigenvalue weighted by Crippen LogP contribution is -2.29. The van der Waals surface area contributed by atoms with E-state index in [0.717, 1.165) is 0 Å². The Morgan fingerprint density at radius 2 is 2.06 bits per heavy atom. The molecule has 0 aromatic heterocycles. The van der Waals surface area contributed by atoms with Gasteiger partial charge in [0, 0.05) is 18.6 Å². The third kappa shape index (κ3) is 3.64. The SMILES string of the molecule is CN(CCC(=O)O)C(=O)c1ccc(Cl)cc1O. The summed E-state index contributed by atoms with van der Waals surface area (Å²) in [7, 11) is 1.47. The number of phenolic OH excluding ortho intramolecular Hbond substituents is 1. The van der Waals surface area contributed by atoms with Gasteiger partial charge in [0.1, 0.15) is 5.75 Å².